The van der Waals surface area contributed by atoms with Gasteiger partial charge < -0.3 is 14.9 Å². The minimum Gasteiger partial charge on any atom is -0.469 e. The van der Waals surface area contributed by atoms with E-state index >= 15 is 0 Å². The number of carbonyl (C=O) groups is 1. The fourth-order valence-corrected chi connectivity index (χ4v) is 3.74. The zero-order chi connectivity index (χ0) is 22.5. The lowest BCUT2D eigenvalue weighted by Gasteiger charge is -2.21. The molecule has 30 heavy (non-hydrogen) atoms. The number of unbranched alkanes of at least 4 members (excludes halogenated alkanes) is 1. The molecule has 0 aromatic heterocycles. The van der Waals surface area contributed by atoms with Crippen LogP contribution in [0.4, 0.5) is 0 Å². The van der Waals surface area contributed by atoms with Crippen molar-refractivity contribution in [3.63, 3.8) is 0 Å². The van der Waals surface area contributed by atoms with Gasteiger partial charge in [0.2, 0.25) is 0 Å². The van der Waals surface area contributed by atoms with E-state index in [0.717, 1.165) is 19.3 Å². The molecule has 1 saturated carbocycles. The summed E-state index contributed by atoms with van der Waals surface area (Å²) in [4.78, 5) is 14.1. The Morgan fingerprint density at radius 3 is 2.73 bits per heavy atom. The molecule has 168 valence electrons. The van der Waals surface area contributed by atoms with Gasteiger partial charge in [-0.25, -0.2) is 0 Å². The summed E-state index contributed by atoms with van der Waals surface area (Å²) in [5.74, 6) is -0.334. The fourth-order valence-electron chi connectivity index (χ4n) is 3.74. The number of methoxy groups -OCH3 is 1. The minimum atomic E-state index is -0.602. The van der Waals surface area contributed by atoms with E-state index in [0.29, 0.717) is 19.3 Å². The Morgan fingerprint density at radius 1 is 1.37 bits per heavy atom. The normalized spacial score (nSPS) is 25.8. The highest BCUT2D eigenvalue weighted by atomic mass is 16.5. The molecule has 0 aromatic rings. The van der Waals surface area contributed by atoms with E-state index < -0.39 is 12.2 Å². The molecule has 0 aromatic carbocycles. The van der Waals surface area contributed by atoms with Crippen LogP contribution in [0.1, 0.15) is 59.3 Å². The van der Waals surface area contributed by atoms with E-state index in [2.05, 4.69) is 20.8 Å². The van der Waals surface area contributed by atoms with Crippen molar-refractivity contribution in [1.29, 1.82) is 0 Å². The fraction of sp³-hybridized carbons (Fsp3) is 0.696. The highest BCUT2D eigenvalue weighted by Crippen LogP contribution is 2.38. The molecule has 0 saturated heterocycles. The first-order valence-corrected chi connectivity index (χ1v) is 10.7. The molecular weight excluding hydrogens is 382 g/mol. The van der Waals surface area contributed by atoms with Gasteiger partial charge in [0.05, 0.1) is 19.3 Å². The molecule has 1 aliphatic carbocycles. The van der Waals surface area contributed by atoms with E-state index in [-0.39, 0.29) is 29.8 Å². The smallest absolute Gasteiger partial charge is 0.305 e. The summed E-state index contributed by atoms with van der Waals surface area (Å²) in [6.45, 7) is 6.07. The highest BCUT2D eigenvalue weighted by Gasteiger charge is 2.40. The zero-order valence-corrected chi connectivity index (χ0v) is 18.6. The lowest BCUT2D eigenvalue weighted by Crippen LogP contribution is -2.21. The van der Waals surface area contributed by atoms with Gasteiger partial charge in [-0.15, -0.1) is 0 Å². The van der Waals surface area contributed by atoms with Gasteiger partial charge in [0.15, 0.2) is 0 Å². The van der Waals surface area contributed by atoms with Crippen molar-refractivity contribution in [2.75, 3.05) is 7.11 Å². The van der Waals surface area contributed by atoms with Crippen molar-refractivity contribution in [1.82, 2.24) is 0 Å². The Bertz CT molecular complexity index is 663. The lowest BCUT2D eigenvalue weighted by molar-refractivity contribution is -0.140. The minimum absolute atomic E-state index is 0.0238. The van der Waals surface area contributed by atoms with E-state index in [1.54, 1.807) is 6.08 Å². The van der Waals surface area contributed by atoms with Crippen molar-refractivity contribution in [2.24, 2.45) is 22.9 Å². The molecule has 6 atom stereocenters. The molecule has 1 rings (SSSR count). The van der Waals surface area contributed by atoms with Crippen LogP contribution in [-0.4, -0.2) is 41.5 Å². The molecule has 7 heteroatoms. The topological polar surface area (TPSA) is 116 Å². The molecule has 0 spiro atoms. The number of hydrogen-bond donors (Lipinski definition) is 2. The molecule has 1 aliphatic rings. The number of allylic oxidation sites excluding steroid dienone is 4. The average Bonchev–Trinajstić information content (AvgIpc) is 3.00. The standard InChI is InChI=1S/C23H37N3O4/c1-16(2)11-12-17(3)21(27)14-13-19-18(20(25-26-24)15-22(19)28)9-7-5-6-8-10-23(29)30-4/h5,7,11,13-14,17-22,27-28H,6,8-10,12,15H2,1-4H3/t17?,18-,19-,20+,21-,22-/m1/s1. The molecule has 0 heterocycles. The summed E-state index contributed by atoms with van der Waals surface area (Å²) < 4.78 is 4.63. The summed E-state index contributed by atoms with van der Waals surface area (Å²) >= 11 is 0. The maximum absolute atomic E-state index is 11.1. The Labute approximate surface area is 180 Å². The van der Waals surface area contributed by atoms with Crippen LogP contribution < -0.4 is 0 Å². The quantitative estimate of drug-likeness (QED) is 0.117. The van der Waals surface area contributed by atoms with Crippen LogP contribution in [0.3, 0.4) is 0 Å². The van der Waals surface area contributed by atoms with Gasteiger partial charge in [-0.05, 0) is 63.3 Å². The first-order chi connectivity index (χ1) is 14.3. The second-order valence-electron chi connectivity index (χ2n) is 8.36. The second kappa shape index (κ2) is 14.0. The Morgan fingerprint density at radius 2 is 2.10 bits per heavy atom. The summed E-state index contributed by atoms with van der Waals surface area (Å²) in [7, 11) is 1.38. The third-order valence-electron chi connectivity index (χ3n) is 5.68. The van der Waals surface area contributed by atoms with E-state index in [4.69, 9.17) is 5.53 Å². The summed E-state index contributed by atoms with van der Waals surface area (Å²) in [5, 5.41) is 24.8. The van der Waals surface area contributed by atoms with Gasteiger partial charge in [-0.1, -0.05) is 48.0 Å². The molecule has 0 aliphatic heterocycles. The Kier molecular flexibility index (Phi) is 12.1. The number of ether oxygens (including phenoxy) is 1. The van der Waals surface area contributed by atoms with Gasteiger partial charge >= 0.3 is 5.97 Å². The Balaban J connectivity index is 2.72. The van der Waals surface area contributed by atoms with Crippen LogP contribution >= 0.6 is 0 Å². The van der Waals surface area contributed by atoms with Crippen LogP contribution in [0, 0.1) is 17.8 Å². The number of esters is 1. The van der Waals surface area contributed by atoms with Crippen molar-refractivity contribution < 1.29 is 19.7 Å². The monoisotopic (exact) mass is 419 g/mol. The van der Waals surface area contributed by atoms with Crippen LogP contribution in [-0.2, 0) is 9.53 Å². The molecule has 7 nitrogen and oxygen atoms in total. The molecule has 1 fully saturated rings. The van der Waals surface area contributed by atoms with Gasteiger partial charge in [0.1, 0.15) is 0 Å². The number of nitrogens with zero attached hydrogens (tertiary/aromatic N) is 3. The number of hydrogen-bond acceptors (Lipinski definition) is 5. The van der Waals surface area contributed by atoms with Crippen LogP contribution in [0.15, 0.2) is 41.1 Å². The number of azide groups is 1. The van der Waals surface area contributed by atoms with Crippen molar-refractivity contribution in [3.8, 4) is 0 Å². The van der Waals surface area contributed by atoms with Crippen LogP contribution in [0.25, 0.3) is 10.4 Å². The van der Waals surface area contributed by atoms with Crippen molar-refractivity contribution in [3.05, 3.63) is 46.4 Å². The third-order valence-corrected chi connectivity index (χ3v) is 5.68. The predicted octanol–water partition coefficient (Wildman–Crippen LogP) is 4.86. The van der Waals surface area contributed by atoms with Crippen molar-refractivity contribution in [2.45, 2.75) is 77.5 Å². The number of aliphatic hydroxyl groups excluding tert-OH is 2. The first kappa shape index (κ1) is 26.0. The average molecular weight is 420 g/mol. The first-order valence-electron chi connectivity index (χ1n) is 10.7. The van der Waals surface area contributed by atoms with Crippen molar-refractivity contribution >= 4 is 5.97 Å². The maximum atomic E-state index is 11.1. The summed E-state index contributed by atoms with van der Waals surface area (Å²) in [6, 6.07) is -0.278. The van der Waals surface area contributed by atoms with Gasteiger partial charge in [0.25, 0.3) is 0 Å². The number of carbonyl (C=O) groups excluding carboxylic acids is 1. The SMILES string of the molecule is COC(=O)CCCC=CC[C@@H]1[C@@H](C=C[C@@H](O)C(C)CC=C(C)C)[C@H](O)C[C@@H]1N=[N+]=[N-]. The molecule has 0 amide bonds. The van der Waals surface area contributed by atoms with Gasteiger partial charge in [-0.2, -0.15) is 0 Å². The molecule has 0 bridgehead atoms. The summed E-state index contributed by atoms with van der Waals surface area (Å²) in [5.41, 5.74) is 10.1. The lowest BCUT2D eigenvalue weighted by atomic mass is 9.88. The molecule has 0 radical (unpaired) electrons. The third kappa shape index (κ3) is 9.16. The molecule has 2 N–H and O–H groups in total. The van der Waals surface area contributed by atoms with E-state index in [1.807, 2.05) is 39.0 Å². The predicted molar refractivity (Wildman–Crippen MR) is 119 cm³/mol. The molecule has 1 unspecified atom stereocenters. The molecular formula is C23H37N3O4. The number of rotatable bonds is 12. The van der Waals surface area contributed by atoms with Gasteiger partial charge in [0, 0.05) is 23.3 Å². The zero-order valence-electron chi connectivity index (χ0n) is 18.6. The van der Waals surface area contributed by atoms with E-state index in [1.165, 1.54) is 12.7 Å². The van der Waals surface area contributed by atoms with E-state index in [9.17, 15) is 15.0 Å². The van der Waals surface area contributed by atoms with Crippen LogP contribution in [0.5, 0.6) is 0 Å². The second-order valence-corrected chi connectivity index (χ2v) is 8.36. The van der Waals surface area contributed by atoms with Crippen LogP contribution in [0.2, 0.25) is 0 Å². The largest absolute Gasteiger partial charge is 0.469 e. The highest BCUT2D eigenvalue weighted by molar-refractivity contribution is 5.69. The van der Waals surface area contributed by atoms with Gasteiger partial charge in [-0.3, -0.25) is 4.79 Å². The Hall–Kier alpha value is -2.08. The number of aliphatic hydroxyl groups is 2. The summed E-state index contributed by atoms with van der Waals surface area (Å²) in [6.07, 6.45) is 12.3. The maximum Gasteiger partial charge on any atom is 0.305 e.